The Balaban J connectivity index is 2.69. The van der Waals surface area contributed by atoms with E-state index in [0.717, 1.165) is 13.1 Å². The van der Waals surface area contributed by atoms with Crippen molar-refractivity contribution in [1.82, 2.24) is 14.7 Å². The number of aromatic nitrogens is 2. The number of aryl methyl sites for hydroxylation is 1. The van der Waals surface area contributed by atoms with E-state index in [2.05, 4.69) is 44.0 Å². The highest BCUT2D eigenvalue weighted by Gasteiger charge is 2.18. The van der Waals surface area contributed by atoms with Crippen LogP contribution in [0.15, 0.2) is 12.4 Å². The Labute approximate surface area is 105 Å². The fraction of sp³-hybridized carbons (Fsp3) is 0.769. The molecule has 0 aromatic carbocycles. The molecule has 1 rings (SSSR count). The maximum absolute atomic E-state index is 5.89. The molecule has 0 amide bonds. The summed E-state index contributed by atoms with van der Waals surface area (Å²) in [4.78, 5) is 2.34. The second-order valence-corrected chi connectivity index (χ2v) is 4.83. The van der Waals surface area contributed by atoms with E-state index < -0.39 is 0 Å². The molecule has 17 heavy (non-hydrogen) atoms. The summed E-state index contributed by atoms with van der Waals surface area (Å²) >= 11 is 0. The molecule has 1 aromatic rings. The van der Waals surface area contributed by atoms with Gasteiger partial charge in [0.1, 0.15) is 0 Å². The van der Waals surface area contributed by atoms with Gasteiger partial charge in [-0.2, -0.15) is 5.10 Å². The van der Waals surface area contributed by atoms with Gasteiger partial charge in [-0.25, -0.2) is 0 Å². The van der Waals surface area contributed by atoms with Gasteiger partial charge in [-0.3, -0.25) is 9.58 Å². The van der Waals surface area contributed by atoms with Crippen LogP contribution in [-0.2, 0) is 6.54 Å². The zero-order valence-electron chi connectivity index (χ0n) is 11.6. The third-order valence-corrected chi connectivity index (χ3v) is 3.41. The normalized spacial score (nSPS) is 15.2. The van der Waals surface area contributed by atoms with Crippen LogP contribution in [0.3, 0.4) is 0 Å². The van der Waals surface area contributed by atoms with Gasteiger partial charge in [0.15, 0.2) is 0 Å². The molecular weight excluding hydrogens is 212 g/mol. The number of hydrogen-bond donors (Lipinski definition) is 1. The number of hydrogen-bond acceptors (Lipinski definition) is 3. The Bertz CT molecular complexity index is 321. The lowest BCUT2D eigenvalue weighted by Crippen LogP contribution is -2.33. The maximum Gasteiger partial charge on any atom is 0.0538 e. The zero-order valence-corrected chi connectivity index (χ0v) is 11.6. The Hall–Kier alpha value is -0.870. The highest BCUT2D eigenvalue weighted by Crippen LogP contribution is 2.19. The van der Waals surface area contributed by atoms with Crippen LogP contribution in [0, 0.1) is 5.92 Å². The first-order valence-electron chi connectivity index (χ1n) is 6.54. The molecule has 0 aliphatic heterocycles. The second-order valence-electron chi connectivity index (χ2n) is 4.83. The largest absolute Gasteiger partial charge is 0.329 e. The Morgan fingerprint density at radius 2 is 2.18 bits per heavy atom. The summed E-state index contributed by atoms with van der Waals surface area (Å²) in [6, 6.07) is 0.282. The van der Waals surface area contributed by atoms with E-state index in [9.17, 15) is 0 Å². The molecular formula is C13H26N4. The number of rotatable bonds is 7. The average molecular weight is 238 g/mol. The molecule has 1 aromatic heterocycles. The SMILES string of the molecule is CCC(C)CN(C)C(CN)c1cnn(CC)c1. The van der Waals surface area contributed by atoms with E-state index in [1.807, 2.05) is 10.9 Å². The third kappa shape index (κ3) is 3.82. The maximum atomic E-state index is 5.89. The van der Waals surface area contributed by atoms with Crippen LogP contribution in [-0.4, -0.2) is 34.8 Å². The van der Waals surface area contributed by atoms with Gasteiger partial charge in [-0.05, 0) is 19.9 Å². The molecule has 0 saturated carbocycles. The van der Waals surface area contributed by atoms with Crippen LogP contribution < -0.4 is 5.73 Å². The van der Waals surface area contributed by atoms with E-state index in [4.69, 9.17) is 5.73 Å². The summed E-state index contributed by atoms with van der Waals surface area (Å²) in [7, 11) is 2.15. The average Bonchev–Trinajstić information content (AvgIpc) is 2.78. The summed E-state index contributed by atoms with van der Waals surface area (Å²) in [6.45, 7) is 9.23. The van der Waals surface area contributed by atoms with Crippen molar-refractivity contribution in [2.24, 2.45) is 11.7 Å². The zero-order chi connectivity index (χ0) is 12.8. The molecule has 1 heterocycles. The van der Waals surface area contributed by atoms with Crippen molar-refractivity contribution < 1.29 is 0 Å². The van der Waals surface area contributed by atoms with Gasteiger partial charge in [-0.15, -0.1) is 0 Å². The molecule has 0 radical (unpaired) electrons. The summed E-state index contributed by atoms with van der Waals surface area (Å²) in [6.07, 6.45) is 5.24. The quantitative estimate of drug-likeness (QED) is 0.789. The molecule has 0 aliphatic carbocycles. The fourth-order valence-corrected chi connectivity index (χ4v) is 2.04. The predicted octanol–water partition coefficient (Wildman–Crippen LogP) is 1.88. The monoisotopic (exact) mass is 238 g/mol. The lowest BCUT2D eigenvalue weighted by atomic mass is 10.1. The van der Waals surface area contributed by atoms with Gasteiger partial charge in [0.25, 0.3) is 0 Å². The van der Waals surface area contributed by atoms with Gasteiger partial charge in [0.05, 0.1) is 6.20 Å². The van der Waals surface area contributed by atoms with Crippen molar-refractivity contribution >= 4 is 0 Å². The van der Waals surface area contributed by atoms with E-state index >= 15 is 0 Å². The van der Waals surface area contributed by atoms with Crippen molar-refractivity contribution in [2.75, 3.05) is 20.1 Å². The van der Waals surface area contributed by atoms with Gasteiger partial charge in [0, 0.05) is 37.4 Å². The van der Waals surface area contributed by atoms with Crippen LogP contribution in [0.25, 0.3) is 0 Å². The number of likely N-dealkylation sites (N-methyl/N-ethyl adjacent to an activating group) is 1. The number of nitrogens with two attached hydrogens (primary N) is 1. The van der Waals surface area contributed by atoms with Crippen molar-refractivity contribution in [3.8, 4) is 0 Å². The molecule has 0 spiro atoms. The first kappa shape index (κ1) is 14.2. The van der Waals surface area contributed by atoms with Gasteiger partial charge in [-0.1, -0.05) is 20.3 Å². The van der Waals surface area contributed by atoms with E-state index in [0.29, 0.717) is 12.5 Å². The second kappa shape index (κ2) is 6.77. The topological polar surface area (TPSA) is 47.1 Å². The fourth-order valence-electron chi connectivity index (χ4n) is 2.04. The van der Waals surface area contributed by atoms with E-state index in [1.54, 1.807) is 0 Å². The first-order valence-corrected chi connectivity index (χ1v) is 6.54. The highest BCUT2D eigenvalue weighted by atomic mass is 15.3. The molecule has 98 valence electrons. The van der Waals surface area contributed by atoms with Gasteiger partial charge in [0.2, 0.25) is 0 Å². The van der Waals surface area contributed by atoms with Crippen LogP contribution in [0.4, 0.5) is 0 Å². The summed E-state index contributed by atoms with van der Waals surface area (Å²) in [5.74, 6) is 0.704. The summed E-state index contributed by atoms with van der Waals surface area (Å²) in [5.41, 5.74) is 7.12. The Morgan fingerprint density at radius 3 is 2.65 bits per heavy atom. The van der Waals surface area contributed by atoms with Crippen molar-refractivity contribution in [3.05, 3.63) is 18.0 Å². The predicted molar refractivity (Wildman–Crippen MR) is 71.8 cm³/mol. The molecule has 0 bridgehead atoms. The third-order valence-electron chi connectivity index (χ3n) is 3.41. The van der Waals surface area contributed by atoms with Crippen molar-refractivity contribution in [1.29, 1.82) is 0 Å². The smallest absolute Gasteiger partial charge is 0.0538 e. The summed E-state index contributed by atoms with van der Waals surface area (Å²) < 4.78 is 1.95. The standard InChI is InChI=1S/C13H26N4/c1-5-11(3)9-16(4)13(7-14)12-8-15-17(6-2)10-12/h8,10-11,13H,5-7,9,14H2,1-4H3. The molecule has 0 aliphatic rings. The van der Waals surface area contributed by atoms with Gasteiger partial charge >= 0.3 is 0 Å². The van der Waals surface area contributed by atoms with Crippen LogP contribution in [0.2, 0.25) is 0 Å². The van der Waals surface area contributed by atoms with Crippen LogP contribution in [0.1, 0.15) is 38.8 Å². The molecule has 4 heteroatoms. The molecule has 2 unspecified atom stereocenters. The number of nitrogens with zero attached hydrogens (tertiary/aromatic N) is 3. The minimum atomic E-state index is 0.282. The molecule has 0 fully saturated rings. The van der Waals surface area contributed by atoms with E-state index in [-0.39, 0.29) is 6.04 Å². The Morgan fingerprint density at radius 1 is 1.47 bits per heavy atom. The van der Waals surface area contributed by atoms with Crippen molar-refractivity contribution in [2.45, 2.75) is 39.8 Å². The minimum absolute atomic E-state index is 0.282. The van der Waals surface area contributed by atoms with Crippen molar-refractivity contribution in [3.63, 3.8) is 0 Å². The lowest BCUT2D eigenvalue weighted by Gasteiger charge is -2.28. The molecule has 2 atom stereocenters. The molecule has 2 N–H and O–H groups in total. The summed E-state index contributed by atoms with van der Waals surface area (Å²) in [5, 5.41) is 4.32. The van der Waals surface area contributed by atoms with E-state index in [1.165, 1.54) is 12.0 Å². The van der Waals surface area contributed by atoms with Crippen LogP contribution in [0.5, 0.6) is 0 Å². The highest BCUT2D eigenvalue weighted by molar-refractivity contribution is 5.11. The van der Waals surface area contributed by atoms with Gasteiger partial charge < -0.3 is 5.73 Å². The molecule has 0 saturated heterocycles. The first-order chi connectivity index (χ1) is 8.12. The van der Waals surface area contributed by atoms with Crippen LogP contribution >= 0.6 is 0 Å². The Kier molecular flexibility index (Phi) is 5.65. The minimum Gasteiger partial charge on any atom is -0.329 e. The molecule has 4 nitrogen and oxygen atoms in total. The lowest BCUT2D eigenvalue weighted by molar-refractivity contribution is 0.215.